The maximum absolute atomic E-state index is 5.03. The highest BCUT2D eigenvalue weighted by Crippen LogP contribution is 2.15. The highest BCUT2D eigenvalue weighted by Gasteiger charge is 2.26. The number of hydrogen-bond acceptors (Lipinski definition) is 4. The number of ether oxygens (including phenoxy) is 1. The summed E-state index contributed by atoms with van der Waals surface area (Å²) in [5.74, 6) is 0. The third kappa shape index (κ3) is 5.34. The lowest BCUT2D eigenvalue weighted by Crippen LogP contribution is -2.41. The van der Waals surface area contributed by atoms with Crippen LogP contribution in [0.1, 0.15) is 19.8 Å². The maximum Gasteiger partial charge on any atom is 0.0474 e. The van der Waals surface area contributed by atoms with Crippen LogP contribution in [0.25, 0.3) is 0 Å². The van der Waals surface area contributed by atoms with E-state index in [1.807, 2.05) is 0 Å². The van der Waals surface area contributed by atoms with Crippen molar-refractivity contribution >= 4 is 0 Å². The first-order valence-electron chi connectivity index (χ1n) is 6.75. The molecule has 0 aromatic rings. The summed E-state index contributed by atoms with van der Waals surface area (Å²) in [6.07, 6.45) is 2.41. The van der Waals surface area contributed by atoms with Crippen molar-refractivity contribution in [1.29, 1.82) is 0 Å². The van der Waals surface area contributed by atoms with Gasteiger partial charge in [-0.2, -0.15) is 0 Å². The molecule has 0 radical (unpaired) electrons. The quantitative estimate of drug-likeness (QED) is 0.633. The zero-order valence-corrected chi connectivity index (χ0v) is 11.9. The zero-order chi connectivity index (χ0) is 12.7. The summed E-state index contributed by atoms with van der Waals surface area (Å²) in [5, 5.41) is 3.51. The molecule has 1 fully saturated rings. The summed E-state index contributed by atoms with van der Waals surface area (Å²) in [6, 6.07) is 1.38. The van der Waals surface area contributed by atoms with Gasteiger partial charge in [-0.05, 0) is 40.4 Å². The van der Waals surface area contributed by atoms with E-state index in [9.17, 15) is 0 Å². The van der Waals surface area contributed by atoms with Crippen LogP contribution < -0.4 is 5.32 Å². The summed E-state index contributed by atoms with van der Waals surface area (Å²) in [6.45, 7) is 7.78. The molecular formula is C13H29N3O. The molecule has 2 atom stereocenters. The van der Waals surface area contributed by atoms with Crippen LogP contribution in [-0.2, 0) is 4.74 Å². The molecule has 4 nitrogen and oxygen atoms in total. The van der Waals surface area contributed by atoms with Crippen molar-refractivity contribution in [3.8, 4) is 0 Å². The number of likely N-dealkylation sites (tertiary alicyclic amines) is 1. The Morgan fingerprint density at radius 3 is 2.82 bits per heavy atom. The lowest BCUT2D eigenvalue weighted by molar-refractivity contribution is 0.190. The van der Waals surface area contributed by atoms with Gasteiger partial charge >= 0.3 is 0 Å². The van der Waals surface area contributed by atoms with Gasteiger partial charge in [0.05, 0.1) is 0 Å². The fourth-order valence-electron chi connectivity index (χ4n) is 2.37. The van der Waals surface area contributed by atoms with Crippen LogP contribution in [0.3, 0.4) is 0 Å². The van der Waals surface area contributed by atoms with Crippen molar-refractivity contribution < 1.29 is 4.74 Å². The van der Waals surface area contributed by atoms with Crippen molar-refractivity contribution in [2.75, 3.05) is 54.0 Å². The molecule has 1 heterocycles. The van der Waals surface area contributed by atoms with Gasteiger partial charge in [0.25, 0.3) is 0 Å². The van der Waals surface area contributed by atoms with E-state index in [2.05, 4.69) is 36.1 Å². The summed E-state index contributed by atoms with van der Waals surface area (Å²) in [4.78, 5) is 4.94. The van der Waals surface area contributed by atoms with Crippen molar-refractivity contribution in [3.05, 3.63) is 0 Å². The lowest BCUT2D eigenvalue weighted by atomic mass is 10.2. The highest BCUT2D eigenvalue weighted by molar-refractivity contribution is 4.84. The SMILES string of the molecule is COCCCNCC(C)N1CCC(N(C)C)C1. The van der Waals surface area contributed by atoms with E-state index >= 15 is 0 Å². The smallest absolute Gasteiger partial charge is 0.0474 e. The second kappa shape index (κ2) is 8.03. The monoisotopic (exact) mass is 243 g/mol. The summed E-state index contributed by atoms with van der Waals surface area (Å²) in [7, 11) is 6.12. The summed E-state index contributed by atoms with van der Waals surface area (Å²) in [5.41, 5.74) is 0. The molecule has 17 heavy (non-hydrogen) atoms. The first-order chi connectivity index (χ1) is 8.15. The van der Waals surface area contributed by atoms with E-state index in [-0.39, 0.29) is 0 Å². The molecule has 1 N–H and O–H groups in total. The van der Waals surface area contributed by atoms with Crippen molar-refractivity contribution in [1.82, 2.24) is 15.1 Å². The predicted octanol–water partition coefficient (Wildman–Crippen LogP) is 0.637. The molecule has 2 unspecified atom stereocenters. The number of nitrogens with zero attached hydrogens (tertiary/aromatic N) is 2. The normalized spacial score (nSPS) is 23.5. The average molecular weight is 243 g/mol. The molecule has 1 saturated heterocycles. The Morgan fingerprint density at radius 2 is 2.24 bits per heavy atom. The van der Waals surface area contributed by atoms with E-state index in [1.165, 1.54) is 19.5 Å². The minimum absolute atomic E-state index is 0.641. The number of hydrogen-bond donors (Lipinski definition) is 1. The summed E-state index contributed by atoms with van der Waals surface area (Å²) < 4.78 is 5.03. The molecule has 0 aromatic carbocycles. The van der Waals surface area contributed by atoms with Crippen molar-refractivity contribution in [3.63, 3.8) is 0 Å². The lowest BCUT2D eigenvalue weighted by Gasteiger charge is -2.26. The van der Waals surface area contributed by atoms with Crippen LogP contribution in [-0.4, -0.2) is 75.9 Å². The van der Waals surface area contributed by atoms with Crippen LogP contribution in [0.15, 0.2) is 0 Å². The number of rotatable bonds is 8. The molecule has 4 heteroatoms. The van der Waals surface area contributed by atoms with Crippen LogP contribution in [0.2, 0.25) is 0 Å². The van der Waals surface area contributed by atoms with E-state index in [1.54, 1.807) is 7.11 Å². The zero-order valence-electron chi connectivity index (χ0n) is 11.9. The van der Waals surface area contributed by atoms with Gasteiger partial charge in [-0.1, -0.05) is 0 Å². The first kappa shape index (κ1) is 14.9. The summed E-state index contributed by atoms with van der Waals surface area (Å²) >= 11 is 0. The van der Waals surface area contributed by atoms with Crippen LogP contribution >= 0.6 is 0 Å². The highest BCUT2D eigenvalue weighted by atomic mass is 16.5. The Morgan fingerprint density at radius 1 is 1.47 bits per heavy atom. The fraction of sp³-hybridized carbons (Fsp3) is 1.00. The molecular weight excluding hydrogens is 214 g/mol. The van der Waals surface area contributed by atoms with Crippen molar-refractivity contribution in [2.24, 2.45) is 0 Å². The minimum atomic E-state index is 0.641. The maximum atomic E-state index is 5.03. The van der Waals surface area contributed by atoms with E-state index < -0.39 is 0 Å². The van der Waals surface area contributed by atoms with Gasteiger partial charge in [0, 0.05) is 45.4 Å². The minimum Gasteiger partial charge on any atom is -0.385 e. The van der Waals surface area contributed by atoms with Gasteiger partial charge < -0.3 is 15.0 Å². The topological polar surface area (TPSA) is 27.7 Å². The Bertz CT molecular complexity index is 199. The van der Waals surface area contributed by atoms with Crippen LogP contribution in [0.5, 0.6) is 0 Å². The molecule has 102 valence electrons. The van der Waals surface area contributed by atoms with Gasteiger partial charge in [-0.25, -0.2) is 0 Å². The number of methoxy groups -OCH3 is 1. The third-order valence-corrected chi connectivity index (χ3v) is 3.69. The Balaban J connectivity index is 2.10. The fourth-order valence-corrected chi connectivity index (χ4v) is 2.37. The second-order valence-electron chi connectivity index (χ2n) is 5.30. The van der Waals surface area contributed by atoms with E-state index in [0.717, 1.165) is 32.2 Å². The van der Waals surface area contributed by atoms with Gasteiger partial charge in [0.2, 0.25) is 0 Å². The van der Waals surface area contributed by atoms with Gasteiger partial charge in [-0.3, -0.25) is 4.90 Å². The molecule has 1 aliphatic rings. The second-order valence-corrected chi connectivity index (χ2v) is 5.30. The average Bonchev–Trinajstić information content (AvgIpc) is 2.78. The molecule has 0 spiro atoms. The Kier molecular flexibility index (Phi) is 7.04. The van der Waals surface area contributed by atoms with E-state index in [4.69, 9.17) is 4.74 Å². The number of nitrogens with one attached hydrogen (secondary N) is 1. The largest absolute Gasteiger partial charge is 0.385 e. The van der Waals surface area contributed by atoms with E-state index in [0.29, 0.717) is 6.04 Å². The van der Waals surface area contributed by atoms with Crippen LogP contribution in [0.4, 0.5) is 0 Å². The standard InChI is InChI=1S/C13H29N3O/c1-12(10-14-7-5-9-17-4)16-8-6-13(11-16)15(2)3/h12-14H,5-11H2,1-4H3. The molecule has 0 bridgehead atoms. The Hall–Kier alpha value is -0.160. The molecule has 0 amide bonds. The number of likely N-dealkylation sites (N-methyl/N-ethyl adjacent to an activating group) is 1. The molecule has 1 aliphatic heterocycles. The molecule has 0 aromatic heterocycles. The third-order valence-electron chi connectivity index (χ3n) is 3.69. The molecule has 1 rings (SSSR count). The van der Waals surface area contributed by atoms with Gasteiger partial charge in [-0.15, -0.1) is 0 Å². The predicted molar refractivity (Wildman–Crippen MR) is 72.5 cm³/mol. The Labute approximate surface area is 106 Å². The van der Waals surface area contributed by atoms with Gasteiger partial charge in [0.1, 0.15) is 0 Å². The first-order valence-corrected chi connectivity index (χ1v) is 6.75. The molecule has 0 aliphatic carbocycles. The van der Waals surface area contributed by atoms with Gasteiger partial charge in [0.15, 0.2) is 0 Å². The molecule has 0 saturated carbocycles. The van der Waals surface area contributed by atoms with Crippen LogP contribution in [0, 0.1) is 0 Å². The van der Waals surface area contributed by atoms with Crippen molar-refractivity contribution in [2.45, 2.75) is 31.8 Å².